The average Bonchev–Trinajstić information content (AvgIpc) is 2.85. The summed E-state index contributed by atoms with van der Waals surface area (Å²) in [6.45, 7) is 6.30. The molecule has 1 saturated heterocycles. The number of thiophene rings is 1. The van der Waals surface area contributed by atoms with E-state index in [0.29, 0.717) is 12.5 Å². The molecule has 3 heterocycles. The number of fused-ring (bicyclic) bond motifs is 1. The molecule has 0 saturated carbocycles. The molecule has 21 heavy (non-hydrogen) atoms. The first-order chi connectivity index (χ1) is 10.1. The number of nitrogens with zero attached hydrogens (tertiary/aromatic N) is 3. The molecule has 1 amide bonds. The van der Waals surface area contributed by atoms with E-state index < -0.39 is 0 Å². The lowest BCUT2D eigenvalue weighted by Crippen LogP contribution is -2.42. The van der Waals surface area contributed by atoms with Crippen LogP contribution in [0.25, 0.3) is 10.2 Å². The Balaban J connectivity index is 1.67. The van der Waals surface area contributed by atoms with E-state index in [9.17, 15) is 4.79 Å². The molecule has 3 rings (SSSR count). The van der Waals surface area contributed by atoms with Gasteiger partial charge in [-0.25, -0.2) is 9.97 Å². The minimum atomic E-state index is 0.153. The Morgan fingerprint density at radius 3 is 3.19 bits per heavy atom. The van der Waals surface area contributed by atoms with E-state index in [2.05, 4.69) is 35.2 Å². The predicted molar refractivity (Wildman–Crippen MR) is 85.6 cm³/mol. The van der Waals surface area contributed by atoms with Gasteiger partial charge in [0.1, 0.15) is 17.0 Å². The highest BCUT2D eigenvalue weighted by atomic mass is 32.1. The highest BCUT2D eigenvalue weighted by Crippen LogP contribution is 2.27. The molecule has 0 bridgehead atoms. The van der Waals surface area contributed by atoms with E-state index in [1.54, 1.807) is 17.7 Å². The minimum absolute atomic E-state index is 0.153. The number of hydrogen-bond donors (Lipinski definition) is 1. The second-order valence-electron chi connectivity index (χ2n) is 5.74. The smallest absolute Gasteiger partial charge is 0.241 e. The van der Waals surface area contributed by atoms with Crippen molar-refractivity contribution in [2.24, 2.45) is 5.92 Å². The Kier molecular flexibility index (Phi) is 4.05. The molecule has 6 heteroatoms. The summed E-state index contributed by atoms with van der Waals surface area (Å²) in [7, 11) is 0. The van der Waals surface area contributed by atoms with Crippen LogP contribution in [0.2, 0.25) is 0 Å². The highest BCUT2D eigenvalue weighted by Gasteiger charge is 2.20. The zero-order valence-corrected chi connectivity index (χ0v) is 13.2. The van der Waals surface area contributed by atoms with Crippen LogP contribution in [0.15, 0.2) is 12.4 Å². The van der Waals surface area contributed by atoms with Crippen molar-refractivity contribution in [1.29, 1.82) is 0 Å². The maximum Gasteiger partial charge on any atom is 0.241 e. The van der Waals surface area contributed by atoms with Crippen molar-refractivity contribution < 1.29 is 4.79 Å². The van der Waals surface area contributed by atoms with Gasteiger partial charge in [0.2, 0.25) is 5.91 Å². The topological polar surface area (TPSA) is 58.1 Å². The van der Waals surface area contributed by atoms with Gasteiger partial charge in [0.15, 0.2) is 0 Å². The lowest BCUT2D eigenvalue weighted by Gasteiger charge is -2.31. The first-order valence-corrected chi connectivity index (χ1v) is 8.18. The number of amides is 1. The summed E-state index contributed by atoms with van der Waals surface area (Å²) in [6.07, 6.45) is 3.88. The fourth-order valence-electron chi connectivity index (χ4n) is 2.80. The summed E-state index contributed by atoms with van der Waals surface area (Å²) in [4.78, 5) is 24.9. The molecule has 1 aliphatic rings. The second-order valence-corrected chi connectivity index (χ2v) is 6.97. The number of carbonyl (C=O) groups is 1. The van der Waals surface area contributed by atoms with Gasteiger partial charge in [0.25, 0.3) is 0 Å². The molecule has 1 atom stereocenters. The summed E-state index contributed by atoms with van der Waals surface area (Å²) < 4.78 is 0. The standard InChI is InChI=1S/C15H20N4OS/c1-10-4-3-5-19(8-10)13(20)7-16-14-12-6-11(2)21-15(12)18-9-17-14/h6,9-10H,3-5,7-8H2,1-2H3,(H,16,17,18). The third-order valence-corrected chi connectivity index (χ3v) is 4.83. The third kappa shape index (κ3) is 3.15. The average molecular weight is 304 g/mol. The van der Waals surface area contributed by atoms with Crippen molar-refractivity contribution >= 4 is 33.3 Å². The molecular formula is C15H20N4OS. The van der Waals surface area contributed by atoms with Crippen molar-refractivity contribution in [3.63, 3.8) is 0 Å². The number of anilines is 1. The molecule has 0 aliphatic carbocycles. The van der Waals surface area contributed by atoms with E-state index in [1.165, 1.54) is 11.3 Å². The van der Waals surface area contributed by atoms with Gasteiger partial charge in [-0.1, -0.05) is 6.92 Å². The zero-order valence-electron chi connectivity index (χ0n) is 12.4. The molecule has 1 unspecified atom stereocenters. The second kappa shape index (κ2) is 5.97. The summed E-state index contributed by atoms with van der Waals surface area (Å²) in [5, 5.41) is 4.18. The number of aryl methyl sites for hydroxylation is 1. The fraction of sp³-hybridized carbons (Fsp3) is 0.533. The number of nitrogens with one attached hydrogen (secondary N) is 1. The molecule has 1 aliphatic heterocycles. The molecule has 112 valence electrons. The Morgan fingerprint density at radius 2 is 2.38 bits per heavy atom. The van der Waals surface area contributed by atoms with E-state index in [-0.39, 0.29) is 5.91 Å². The van der Waals surface area contributed by atoms with E-state index in [4.69, 9.17) is 0 Å². The molecule has 0 spiro atoms. The molecule has 2 aromatic rings. The van der Waals surface area contributed by atoms with Crippen molar-refractivity contribution in [2.45, 2.75) is 26.7 Å². The van der Waals surface area contributed by atoms with Crippen molar-refractivity contribution in [3.8, 4) is 0 Å². The molecule has 2 aromatic heterocycles. The summed E-state index contributed by atoms with van der Waals surface area (Å²) in [5.41, 5.74) is 0. The Hall–Kier alpha value is -1.69. The van der Waals surface area contributed by atoms with E-state index in [1.807, 2.05) is 4.90 Å². The maximum atomic E-state index is 12.3. The van der Waals surface area contributed by atoms with Gasteiger partial charge in [-0.05, 0) is 31.7 Å². The SMILES string of the molecule is Cc1cc2c(NCC(=O)N3CCCC(C)C3)ncnc2s1. The number of aromatic nitrogens is 2. The van der Waals surface area contributed by atoms with Gasteiger partial charge < -0.3 is 10.2 Å². The van der Waals surface area contributed by atoms with Crippen LogP contribution in [0.3, 0.4) is 0 Å². The Bertz CT molecular complexity index is 654. The molecule has 0 radical (unpaired) electrons. The molecule has 1 N–H and O–H groups in total. The molecular weight excluding hydrogens is 284 g/mol. The molecule has 5 nitrogen and oxygen atoms in total. The normalized spacial score (nSPS) is 19.0. The van der Waals surface area contributed by atoms with Gasteiger partial charge >= 0.3 is 0 Å². The van der Waals surface area contributed by atoms with Crippen LogP contribution in [0, 0.1) is 12.8 Å². The van der Waals surface area contributed by atoms with Gasteiger partial charge in [-0.2, -0.15) is 0 Å². The molecule has 0 aromatic carbocycles. The zero-order chi connectivity index (χ0) is 14.8. The summed E-state index contributed by atoms with van der Waals surface area (Å²) in [6, 6.07) is 2.07. The van der Waals surface area contributed by atoms with Crippen LogP contribution < -0.4 is 5.32 Å². The monoisotopic (exact) mass is 304 g/mol. The van der Waals surface area contributed by atoms with Gasteiger partial charge in [-0.3, -0.25) is 4.79 Å². The quantitative estimate of drug-likeness (QED) is 0.947. The van der Waals surface area contributed by atoms with Gasteiger partial charge in [0, 0.05) is 18.0 Å². The Morgan fingerprint density at radius 1 is 1.52 bits per heavy atom. The highest BCUT2D eigenvalue weighted by molar-refractivity contribution is 7.18. The summed E-state index contributed by atoms with van der Waals surface area (Å²) in [5.74, 6) is 1.51. The first-order valence-electron chi connectivity index (χ1n) is 7.36. The Labute approximate surface area is 128 Å². The number of carbonyl (C=O) groups excluding carboxylic acids is 1. The maximum absolute atomic E-state index is 12.3. The van der Waals surface area contributed by atoms with Crippen LogP contribution in [-0.4, -0.2) is 40.4 Å². The third-order valence-electron chi connectivity index (χ3n) is 3.87. The van der Waals surface area contributed by atoms with Crippen molar-refractivity contribution in [2.75, 3.05) is 25.0 Å². The van der Waals surface area contributed by atoms with E-state index >= 15 is 0 Å². The summed E-state index contributed by atoms with van der Waals surface area (Å²) >= 11 is 1.64. The molecule has 1 fully saturated rings. The van der Waals surface area contributed by atoms with E-state index in [0.717, 1.165) is 35.5 Å². The number of hydrogen-bond acceptors (Lipinski definition) is 5. The van der Waals surface area contributed by atoms with Crippen LogP contribution in [0.4, 0.5) is 5.82 Å². The number of rotatable bonds is 3. The van der Waals surface area contributed by atoms with Crippen molar-refractivity contribution in [3.05, 3.63) is 17.3 Å². The number of likely N-dealkylation sites (tertiary alicyclic amines) is 1. The van der Waals surface area contributed by atoms with Crippen LogP contribution in [-0.2, 0) is 4.79 Å². The predicted octanol–water partition coefficient (Wildman–Crippen LogP) is 2.67. The lowest BCUT2D eigenvalue weighted by molar-refractivity contribution is -0.130. The van der Waals surface area contributed by atoms with Crippen LogP contribution in [0.5, 0.6) is 0 Å². The largest absolute Gasteiger partial charge is 0.360 e. The van der Waals surface area contributed by atoms with Gasteiger partial charge in [0.05, 0.1) is 11.9 Å². The lowest BCUT2D eigenvalue weighted by atomic mass is 10.0. The first kappa shape index (κ1) is 14.3. The van der Waals surface area contributed by atoms with Crippen LogP contribution in [0.1, 0.15) is 24.6 Å². The fourth-order valence-corrected chi connectivity index (χ4v) is 3.65. The van der Waals surface area contributed by atoms with Crippen molar-refractivity contribution in [1.82, 2.24) is 14.9 Å². The van der Waals surface area contributed by atoms with Crippen LogP contribution >= 0.6 is 11.3 Å². The minimum Gasteiger partial charge on any atom is -0.360 e. The number of piperidine rings is 1. The van der Waals surface area contributed by atoms with Gasteiger partial charge in [-0.15, -0.1) is 11.3 Å².